The predicted molar refractivity (Wildman–Crippen MR) is 48.2 cm³/mol. The predicted octanol–water partition coefficient (Wildman–Crippen LogP) is 0.882. The Hall–Kier alpha value is -1.53. The normalized spacial score (nSPS) is 9.25. The molecule has 0 atom stereocenters. The van der Waals surface area contributed by atoms with E-state index in [2.05, 4.69) is 5.32 Å². The third-order valence-corrected chi connectivity index (χ3v) is 1.51. The number of benzene rings is 1. The highest BCUT2D eigenvalue weighted by Crippen LogP contribution is 2.04. The van der Waals surface area contributed by atoms with E-state index in [4.69, 9.17) is 11.0 Å². The van der Waals surface area contributed by atoms with Crippen LogP contribution in [0, 0.1) is 11.3 Å². The summed E-state index contributed by atoms with van der Waals surface area (Å²) >= 11 is 0. The van der Waals surface area contributed by atoms with Gasteiger partial charge in [0.25, 0.3) is 0 Å². The van der Waals surface area contributed by atoms with E-state index in [1.807, 2.05) is 30.3 Å². The van der Waals surface area contributed by atoms with Crippen molar-refractivity contribution in [2.75, 3.05) is 12.3 Å². The molecule has 0 unspecified atom stereocenters. The third kappa shape index (κ3) is 2.60. The van der Waals surface area contributed by atoms with E-state index in [9.17, 15) is 0 Å². The van der Waals surface area contributed by atoms with Crippen molar-refractivity contribution in [1.82, 2.24) is 5.32 Å². The lowest BCUT2D eigenvalue weighted by atomic mass is 10.2. The molecule has 3 heteroatoms. The van der Waals surface area contributed by atoms with Crippen molar-refractivity contribution in [3.05, 3.63) is 29.8 Å². The summed E-state index contributed by atoms with van der Waals surface area (Å²) in [5.41, 5.74) is 7.41. The standard InChI is InChI=1S/C9H11N3/c10-5-6-12-7-8-1-3-9(11)4-2-8/h1-4,12H,6-7,11H2. The van der Waals surface area contributed by atoms with Gasteiger partial charge in [-0.25, -0.2) is 0 Å². The molecule has 1 aromatic carbocycles. The van der Waals surface area contributed by atoms with Gasteiger partial charge in [0, 0.05) is 12.2 Å². The topological polar surface area (TPSA) is 61.8 Å². The summed E-state index contributed by atoms with van der Waals surface area (Å²) in [5.74, 6) is 0. The fourth-order valence-electron chi connectivity index (χ4n) is 0.898. The average molecular weight is 161 g/mol. The quantitative estimate of drug-likeness (QED) is 0.393. The van der Waals surface area contributed by atoms with Crippen LogP contribution in [0.4, 0.5) is 5.69 Å². The van der Waals surface area contributed by atoms with Crippen LogP contribution in [0.1, 0.15) is 5.56 Å². The maximum atomic E-state index is 8.26. The first kappa shape index (κ1) is 8.57. The van der Waals surface area contributed by atoms with Crippen molar-refractivity contribution in [3.8, 4) is 6.07 Å². The minimum atomic E-state index is 0.379. The molecule has 0 heterocycles. The molecule has 0 saturated heterocycles. The number of nitrogens with one attached hydrogen (secondary N) is 1. The molecule has 0 aromatic heterocycles. The number of hydrogen-bond donors (Lipinski definition) is 2. The molecule has 0 aliphatic heterocycles. The van der Waals surface area contributed by atoms with Crippen LogP contribution in [0.2, 0.25) is 0 Å². The Morgan fingerprint density at radius 2 is 2.00 bits per heavy atom. The van der Waals surface area contributed by atoms with Gasteiger partial charge in [-0.3, -0.25) is 0 Å². The molecule has 0 saturated carbocycles. The summed E-state index contributed by atoms with van der Waals surface area (Å²) < 4.78 is 0. The van der Waals surface area contributed by atoms with Crippen molar-refractivity contribution < 1.29 is 0 Å². The minimum absolute atomic E-state index is 0.379. The summed E-state index contributed by atoms with van der Waals surface area (Å²) in [6, 6.07) is 9.60. The molecule has 3 N–H and O–H groups in total. The Labute approximate surface area is 71.8 Å². The largest absolute Gasteiger partial charge is 0.399 e. The number of nitrogens with two attached hydrogens (primary N) is 1. The van der Waals surface area contributed by atoms with Gasteiger partial charge in [0.05, 0.1) is 12.6 Å². The maximum absolute atomic E-state index is 8.26. The van der Waals surface area contributed by atoms with E-state index in [-0.39, 0.29) is 0 Å². The molecule has 1 rings (SSSR count). The fourth-order valence-corrected chi connectivity index (χ4v) is 0.898. The lowest BCUT2D eigenvalue weighted by Gasteiger charge is -2.00. The third-order valence-electron chi connectivity index (χ3n) is 1.51. The number of rotatable bonds is 3. The Kier molecular flexibility index (Phi) is 3.12. The molecule has 12 heavy (non-hydrogen) atoms. The van der Waals surface area contributed by atoms with Crippen LogP contribution >= 0.6 is 0 Å². The van der Waals surface area contributed by atoms with Gasteiger partial charge in [0.2, 0.25) is 0 Å². The van der Waals surface area contributed by atoms with Gasteiger partial charge in [-0.2, -0.15) is 5.26 Å². The van der Waals surface area contributed by atoms with Gasteiger partial charge < -0.3 is 11.1 Å². The molecule has 0 spiro atoms. The zero-order valence-corrected chi connectivity index (χ0v) is 6.75. The monoisotopic (exact) mass is 161 g/mol. The lowest BCUT2D eigenvalue weighted by molar-refractivity contribution is 0.766. The SMILES string of the molecule is N#CCNCc1ccc(N)cc1. The Balaban J connectivity index is 2.43. The van der Waals surface area contributed by atoms with Gasteiger partial charge >= 0.3 is 0 Å². The second-order valence-corrected chi connectivity index (χ2v) is 2.50. The molecule has 62 valence electrons. The van der Waals surface area contributed by atoms with E-state index in [1.165, 1.54) is 0 Å². The second kappa shape index (κ2) is 4.37. The summed E-state index contributed by atoms with van der Waals surface area (Å²) in [6.07, 6.45) is 0. The molecule has 0 bridgehead atoms. The summed E-state index contributed by atoms with van der Waals surface area (Å²) in [6.45, 7) is 1.10. The molecule has 0 fully saturated rings. The average Bonchev–Trinajstić information content (AvgIpc) is 2.09. The minimum Gasteiger partial charge on any atom is -0.399 e. The summed E-state index contributed by atoms with van der Waals surface area (Å²) in [4.78, 5) is 0. The van der Waals surface area contributed by atoms with Crippen molar-refractivity contribution in [3.63, 3.8) is 0 Å². The van der Waals surface area contributed by atoms with E-state index in [0.717, 1.165) is 11.3 Å². The van der Waals surface area contributed by atoms with Gasteiger partial charge in [-0.05, 0) is 17.7 Å². The van der Waals surface area contributed by atoms with E-state index in [1.54, 1.807) is 0 Å². The molecule has 1 aromatic rings. The first-order valence-corrected chi connectivity index (χ1v) is 3.75. The summed E-state index contributed by atoms with van der Waals surface area (Å²) in [7, 11) is 0. The second-order valence-electron chi connectivity index (χ2n) is 2.50. The highest BCUT2D eigenvalue weighted by Gasteiger charge is 1.90. The number of nitrogen functional groups attached to an aromatic ring is 1. The van der Waals surface area contributed by atoms with Gasteiger partial charge in [-0.1, -0.05) is 12.1 Å². The summed E-state index contributed by atoms with van der Waals surface area (Å²) in [5, 5.41) is 11.2. The zero-order chi connectivity index (χ0) is 8.81. The number of anilines is 1. The van der Waals surface area contributed by atoms with Gasteiger partial charge in [-0.15, -0.1) is 0 Å². The van der Waals surface area contributed by atoms with Crippen LogP contribution in [-0.4, -0.2) is 6.54 Å². The van der Waals surface area contributed by atoms with E-state index < -0.39 is 0 Å². The first-order valence-electron chi connectivity index (χ1n) is 3.75. The molecule has 0 aliphatic carbocycles. The Bertz CT molecular complexity index is 271. The van der Waals surface area contributed by atoms with Crippen LogP contribution in [0.15, 0.2) is 24.3 Å². The molecular weight excluding hydrogens is 150 g/mol. The molecule has 3 nitrogen and oxygen atoms in total. The molecular formula is C9H11N3. The fraction of sp³-hybridized carbons (Fsp3) is 0.222. The number of nitriles is 1. The van der Waals surface area contributed by atoms with Crippen molar-refractivity contribution in [1.29, 1.82) is 5.26 Å². The highest BCUT2D eigenvalue weighted by molar-refractivity contribution is 5.39. The van der Waals surface area contributed by atoms with E-state index >= 15 is 0 Å². The number of hydrogen-bond acceptors (Lipinski definition) is 3. The van der Waals surface area contributed by atoms with Crippen molar-refractivity contribution >= 4 is 5.69 Å². The van der Waals surface area contributed by atoms with Gasteiger partial charge in [0.15, 0.2) is 0 Å². The zero-order valence-electron chi connectivity index (χ0n) is 6.75. The maximum Gasteiger partial charge on any atom is 0.0843 e. The molecule has 0 radical (unpaired) electrons. The van der Waals surface area contributed by atoms with Crippen LogP contribution < -0.4 is 11.1 Å². The molecule has 0 aliphatic rings. The Morgan fingerprint density at radius 1 is 1.33 bits per heavy atom. The van der Waals surface area contributed by atoms with Gasteiger partial charge in [0.1, 0.15) is 0 Å². The first-order chi connectivity index (χ1) is 5.83. The smallest absolute Gasteiger partial charge is 0.0843 e. The number of nitrogens with zero attached hydrogens (tertiary/aromatic N) is 1. The Morgan fingerprint density at radius 3 is 2.58 bits per heavy atom. The van der Waals surface area contributed by atoms with Crippen molar-refractivity contribution in [2.24, 2.45) is 0 Å². The van der Waals surface area contributed by atoms with Crippen LogP contribution in [0.5, 0.6) is 0 Å². The van der Waals surface area contributed by atoms with Crippen LogP contribution in [0.3, 0.4) is 0 Å². The van der Waals surface area contributed by atoms with Crippen molar-refractivity contribution in [2.45, 2.75) is 6.54 Å². The van der Waals surface area contributed by atoms with E-state index in [0.29, 0.717) is 13.1 Å². The van der Waals surface area contributed by atoms with Crippen LogP contribution in [0.25, 0.3) is 0 Å². The highest BCUT2D eigenvalue weighted by atomic mass is 14.8. The van der Waals surface area contributed by atoms with Crippen LogP contribution in [-0.2, 0) is 6.54 Å². The molecule has 0 amide bonds. The lowest BCUT2D eigenvalue weighted by Crippen LogP contribution is -2.12.